The Balaban J connectivity index is 1.83. The molecule has 0 saturated carbocycles. The van der Waals surface area contributed by atoms with Crippen LogP contribution >= 0.6 is 11.6 Å². The molecule has 0 spiro atoms. The summed E-state index contributed by atoms with van der Waals surface area (Å²) < 4.78 is 5.43. The van der Waals surface area contributed by atoms with Crippen LogP contribution in [0.25, 0.3) is 0 Å². The Bertz CT molecular complexity index is 435. The molecule has 2 rings (SSSR count). The van der Waals surface area contributed by atoms with E-state index < -0.39 is 0 Å². The van der Waals surface area contributed by atoms with Crippen molar-refractivity contribution < 1.29 is 14.6 Å². The molecule has 0 aromatic heterocycles. The van der Waals surface area contributed by atoms with Crippen LogP contribution in [0.2, 0.25) is 5.02 Å². The van der Waals surface area contributed by atoms with E-state index in [2.05, 4.69) is 0 Å². The third-order valence-corrected chi connectivity index (χ3v) is 3.64. The van der Waals surface area contributed by atoms with Gasteiger partial charge in [0.2, 0.25) is 0 Å². The van der Waals surface area contributed by atoms with Gasteiger partial charge in [0, 0.05) is 18.1 Å². The summed E-state index contributed by atoms with van der Waals surface area (Å²) in [5, 5.41) is 10.3. The van der Waals surface area contributed by atoms with Gasteiger partial charge in [-0.25, -0.2) is 0 Å². The minimum atomic E-state index is -0.304. The molecule has 0 bridgehead atoms. The molecular formula is C14H18ClNO3. The Morgan fingerprint density at radius 3 is 2.79 bits per heavy atom. The first-order valence-electron chi connectivity index (χ1n) is 6.40. The lowest BCUT2D eigenvalue weighted by Crippen LogP contribution is -2.46. The van der Waals surface area contributed by atoms with E-state index in [1.54, 1.807) is 29.2 Å². The van der Waals surface area contributed by atoms with E-state index in [1.165, 1.54) is 0 Å². The highest BCUT2D eigenvalue weighted by Crippen LogP contribution is 2.18. The third-order valence-electron chi connectivity index (χ3n) is 3.39. The Labute approximate surface area is 117 Å². The summed E-state index contributed by atoms with van der Waals surface area (Å²) in [6.45, 7) is 3.15. The Morgan fingerprint density at radius 2 is 2.16 bits per heavy atom. The van der Waals surface area contributed by atoms with Crippen molar-refractivity contribution in [1.82, 2.24) is 4.90 Å². The lowest BCUT2D eigenvalue weighted by molar-refractivity contribution is -0.136. The summed E-state index contributed by atoms with van der Waals surface area (Å²) in [6.07, 6.45) is 0.328. The van der Waals surface area contributed by atoms with Crippen LogP contribution in [0.3, 0.4) is 0 Å². The number of aliphatic hydroxyl groups is 1. The molecule has 19 heavy (non-hydrogen) atoms. The molecule has 5 heteroatoms. The number of aliphatic hydroxyl groups excluding tert-OH is 1. The quantitative estimate of drug-likeness (QED) is 0.922. The third kappa shape index (κ3) is 3.85. The van der Waals surface area contributed by atoms with Crippen LogP contribution in [0.1, 0.15) is 13.3 Å². The highest BCUT2D eigenvalue weighted by atomic mass is 35.5. The van der Waals surface area contributed by atoms with E-state index >= 15 is 0 Å². The first kappa shape index (κ1) is 14.2. The molecule has 1 aromatic rings. The smallest absolute Gasteiger partial charge is 0.260 e. The van der Waals surface area contributed by atoms with Gasteiger partial charge in [-0.3, -0.25) is 4.79 Å². The number of hydrogen-bond acceptors (Lipinski definition) is 3. The topological polar surface area (TPSA) is 49.8 Å². The average Bonchev–Trinajstić information content (AvgIpc) is 2.41. The lowest BCUT2D eigenvalue weighted by atomic mass is 9.97. The molecule has 1 amide bonds. The maximum atomic E-state index is 12.0. The number of halogens is 1. The lowest BCUT2D eigenvalue weighted by Gasteiger charge is -2.34. The van der Waals surface area contributed by atoms with Gasteiger partial charge in [0.15, 0.2) is 6.61 Å². The van der Waals surface area contributed by atoms with Crippen LogP contribution in [0.15, 0.2) is 24.3 Å². The molecule has 1 aromatic carbocycles. The predicted octanol–water partition coefficient (Wildman–Crippen LogP) is 1.95. The number of likely N-dealkylation sites (tertiary alicyclic amines) is 1. The zero-order valence-corrected chi connectivity index (χ0v) is 11.6. The normalized spacial score (nSPS) is 23.2. The molecule has 0 aliphatic carbocycles. The largest absolute Gasteiger partial charge is 0.484 e. The van der Waals surface area contributed by atoms with Gasteiger partial charge in [-0.05, 0) is 36.6 Å². The van der Waals surface area contributed by atoms with Crippen LogP contribution < -0.4 is 4.74 Å². The molecule has 2 unspecified atom stereocenters. The number of ether oxygens (including phenoxy) is 1. The van der Waals surface area contributed by atoms with Gasteiger partial charge in [-0.2, -0.15) is 0 Å². The van der Waals surface area contributed by atoms with Gasteiger partial charge >= 0.3 is 0 Å². The molecule has 4 nitrogen and oxygen atoms in total. The van der Waals surface area contributed by atoms with Crippen molar-refractivity contribution in [3.63, 3.8) is 0 Å². The Kier molecular flexibility index (Phi) is 4.66. The Morgan fingerprint density at radius 1 is 1.47 bits per heavy atom. The minimum absolute atomic E-state index is 0.0183. The zero-order valence-electron chi connectivity index (χ0n) is 10.9. The molecule has 0 radical (unpaired) electrons. The van der Waals surface area contributed by atoms with Crippen molar-refractivity contribution in [3.05, 3.63) is 29.3 Å². The molecule has 2 atom stereocenters. The number of piperidine rings is 1. The van der Waals surface area contributed by atoms with Crippen LogP contribution in [-0.2, 0) is 4.79 Å². The van der Waals surface area contributed by atoms with Crippen LogP contribution in [-0.4, -0.2) is 41.7 Å². The standard InChI is InChI=1S/C14H18ClNO3/c1-10-8-16(7-6-13(10)17)14(18)9-19-12-4-2-11(15)3-5-12/h2-5,10,13,17H,6-9H2,1H3. The van der Waals surface area contributed by atoms with E-state index in [4.69, 9.17) is 16.3 Å². The van der Waals surface area contributed by atoms with Crippen molar-refractivity contribution >= 4 is 17.5 Å². The van der Waals surface area contributed by atoms with Crippen molar-refractivity contribution in [2.45, 2.75) is 19.4 Å². The fraction of sp³-hybridized carbons (Fsp3) is 0.500. The summed E-state index contributed by atoms with van der Waals surface area (Å²) >= 11 is 5.77. The molecule has 1 aliphatic rings. The van der Waals surface area contributed by atoms with Crippen molar-refractivity contribution in [3.8, 4) is 5.75 Å². The zero-order chi connectivity index (χ0) is 13.8. The van der Waals surface area contributed by atoms with E-state index in [1.807, 2.05) is 6.92 Å². The monoisotopic (exact) mass is 283 g/mol. The number of benzene rings is 1. The fourth-order valence-corrected chi connectivity index (χ4v) is 2.25. The summed E-state index contributed by atoms with van der Waals surface area (Å²) in [5.74, 6) is 0.699. The van der Waals surface area contributed by atoms with Crippen LogP contribution in [0, 0.1) is 5.92 Å². The van der Waals surface area contributed by atoms with Gasteiger partial charge in [0.1, 0.15) is 5.75 Å². The fourth-order valence-electron chi connectivity index (χ4n) is 2.13. The summed E-state index contributed by atoms with van der Waals surface area (Å²) in [6, 6.07) is 6.91. The molecule has 1 N–H and O–H groups in total. The molecule has 1 aliphatic heterocycles. The summed E-state index contributed by atoms with van der Waals surface area (Å²) in [4.78, 5) is 13.7. The van der Waals surface area contributed by atoms with E-state index in [0.717, 1.165) is 0 Å². The van der Waals surface area contributed by atoms with Gasteiger partial charge in [0.25, 0.3) is 5.91 Å². The summed E-state index contributed by atoms with van der Waals surface area (Å²) in [5.41, 5.74) is 0. The summed E-state index contributed by atoms with van der Waals surface area (Å²) in [7, 11) is 0. The maximum absolute atomic E-state index is 12.0. The minimum Gasteiger partial charge on any atom is -0.484 e. The van der Waals surface area contributed by atoms with Gasteiger partial charge in [0.05, 0.1) is 6.10 Å². The second-order valence-corrected chi connectivity index (χ2v) is 5.35. The number of hydrogen-bond donors (Lipinski definition) is 1. The second-order valence-electron chi connectivity index (χ2n) is 4.92. The van der Waals surface area contributed by atoms with Gasteiger partial charge < -0.3 is 14.7 Å². The SMILES string of the molecule is CC1CN(C(=O)COc2ccc(Cl)cc2)CCC1O. The number of nitrogens with zero attached hydrogens (tertiary/aromatic N) is 1. The number of carbonyl (C=O) groups is 1. The number of carbonyl (C=O) groups excluding carboxylic acids is 1. The van der Waals surface area contributed by atoms with Crippen molar-refractivity contribution in [1.29, 1.82) is 0 Å². The molecule has 1 fully saturated rings. The first-order chi connectivity index (χ1) is 9.06. The van der Waals surface area contributed by atoms with Gasteiger partial charge in [-0.1, -0.05) is 18.5 Å². The van der Waals surface area contributed by atoms with E-state index in [0.29, 0.717) is 30.3 Å². The first-order valence-corrected chi connectivity index (χ1v) is 6.78. The highest BCUT2D eigenvalue weighted by Gasteiger charge is 2.27. The molecule has 1 saturated heterocycles. The van der Waals surface area contributed by atoms with Crippen LogP contribution in [0.4, 0.5) is 0 Å². The average molecular weight is 284 g/mol. The molecule has 1 heterocycles. The van der Waals surface area contributed by atoms with Crippen LogP contribution in [0.5, 0.6) is 5.75 Å². The molecular weight excluding hydrogens is 266 g/mol. The van der Waals surface area contributed by atoms with Gasteiger partial charge in [-0.15, -0.1) is 0 Å². The number of amides is 1. The second kappa shape index (κ2) is 6.26. The molecule has 104 valence electrons. The number of rotatable bonds is 3. The highest BCUT2D eigenvalue weighted by molar-refractivity contribution is 6.30. The van der Waals surface area contributed by atoms with Crippen molar-refractivity contribution in [2.75, 3.05) is 19.7 Å². The predicted molar refractivity (Wildman–Crippen MR) is 73.3 cm³/mol. The maximum Gasteiger partial charge on any atom is 0.260 e. The van der Waals surface area contributed by atoms with E-state index in [-0.39, 0.29) is 24.5 Å². The van der Waals surface area contributed by atoms with E-state index in [9.17, 15) is 9.90 Å². The van der Waals surface area contributed by atoms with Crippen molar-refractivity contribution in [2.24, 2.45) is 5.92 Å². The Hall–Kier alpha value is -1.26.